The van der Waals surface area contributed by atoms with Crippen LogP contribution >= 0.6 is 0 Å². The summed E-state index contributed by atoms with van der Waals surface area (Å²) in [6, 6.07) is 0. The highest BCUT2D eigenvalue weighted by Gasteiger charge is 2.51. The van der Waals surface area contributed by atoms with Crippen LogP contribution in [0.1, 0.15) is 6.42 Å². The topological polar surface area (TPSA) is 127 Å². The summed E-state index contributed by atoms with van der Waals surface area (Å²) in [4.78, 5) is 33.7. The van der Waals surface area contributed by atoms with Crippen LogP contribution < -0.4 is 5.32 Å². The third kappa shape index (κ3) is 2.81. The summed E-state index contributed by atoms with van der Waals surface area (Å²) < 4.78 is 1.37. The minimum Gasteiger partial charge on any atom is -0.481 e. The molecule has 1 aromatic heterocycles. The summed E-state index contributed by atoms with van der Waals surface area (Å²) in [6.07, 6.45) is 6.94. The highest BCUT2D eigenvalue weighted by molar-refractivity contribution is 5.86. The second-order valence-electron chi connectivity index (χ2n) is 5.85. The molecule has 1 heterocycles. The van der Waals surface area contributed by atoms with Crippen LogP contribution in [0.3, 0.4) is 0 Å². The average molecular weight is 320 g/mol. The number of fused-ring (bicyclic) bond motifs is 2. The van der Waals surface area contributed by atoms with Gasteiger partial charge in [-0.05, 0) is 18.3 Å². The van der Waals surface area contributed by atoms with Gasteiger partial charge in [0.25, 0.3) is 0 Å². The predicted octanol–water partition coefficient (Wildman–Crippen LogP) is 0.430. The van der Waals surface area contributed by atoms with E-state index in [4.69, 9.17) is 0 Å². The van der Waals surface area contributed by atoms with Gasteiger partial charge in [-0.15, -0.1) is 0 Å². The summed E-state index contributed by atoms with van der Waals surface area (Å²) in [7, 11) is 0. The van der Waals surface area contributed by atoms with Crippen LogP contribution in [0, 0.1) is 33.8 Å². The second-order valence-corrected chi connectivity index (χ2v) is 5.85. The maximum Gasteiger partial charge on any atom is 0.307 e. The van der Waals surface area contributed by atoms with Gasteiger partial charge in [-0.1, -0.05) is 12.2 Å². The minimum atomic E-state index is -0.940. The molecule has 0 spiro atoms. The molecule has 1 aromatic rings. The fourth-order valence-corrected chi connectivity index (χ4v) is 3.50. The molecule has 2 bridgehead atoms. The predicted molar refractivity (Wildman–Crippen MR) is 77.2 cm³/mol. The molecule has 0 saturated heterocycles. The molecular weight excluding hydrogens is 304 g/mol. The van der Waals surface area contributed by atoms with E-state index >= 15 is 0 Å². The molecule has 1 fully saturated rings. The Kier molecular flexibility index (Phi) is 3.85. The van der Waals surface area contributed by atoms with Gasteiger partial charge < -0.3 is 10.4 Å². The molecule has 23 heavy (non-hydrogen) atoms. The van der Waals surface area contributed by atoms with Crippen LogP contribution in [-0.2, 0) is 16.1 Å². The molecule has 2 N–H and O–H groups in total. The smallest absolute Gasteiger partial charge is 0.307 e. The third-order valence-corrected chi connectivity index (χ3v) is 4.52. The summed E-state index contributed by atoms with van der Waals surface area (Å²) in [5, 5.41) is 26.4. The standard InChI is InChI=1S/C14H16N4O5/c19-13(11-8-1-2-9(5-8)12(11)14(20)21)15-3-4-17-7-10(6-16-17)18(22)23/h1-2,6-9,11-12H,3-5H2,(H,15,19)(H,20,21). The Bertz CT molecular complexity index is 682. The molecule has 4 atom stereocenters. The number of aliphatic carboxylic acids is 1. The Morgan fingerprint density at radius 1 is 1.39 bits per heavy atom. The average Bonchev–Trinajstić information content (AvgIpc) is 3.21. The van der Waals surface area contributed by atoms with Gasteiger partial charge in [-0.25, -0.2) is 0 Å². The highest BCUT2D eigenvalue weighted by atomic mass is 16.6. The van der Waals surface area contributed by atoms with Crippen molar-refractivity contribution in [2.24, 2.45) is 23.7 Å². The zero-order valence-corrected chi connectivity index (χ0v) is 12.2. The number of hydrogen-bond acceptors (Lipinski definition) is 5. The van der Waals surface area contributed by atoms with Gasteiger partial charge in [0.05, 0.1) is 23.3 Å². The number of aromatic nitrogens is 2. The van der Waals surface area contributed by atoms with Crippen LogP contribution in [0.5, 0.6) is 0 Å². The van der Waals surface area contributed by atoms with Gasteiger partial charge in [-0.3, -0.25) is 24.4 Å². The monoisotopic (exact) mass is 320 g/mol. The van der Waals surface area contributed by atoms with Crippen molar-refractivity contribution in [3.8, 4) is 0 Å². The Hall–Kier alpha value is -2.71. The van der Waals surface area contributed by atoms with Crippen molar-refractivity contribution >= 4 is 17.6 Å². The van der Waals surface area contributed by atoms with Crippen molar-refractivity contribution in [2.75, 3.05) is 6.54 Å². The molecule has 1 amide bonds. The van der Waals surface area contributed by atoms with Gasteiger partial charge in [0.2, 0.25) is 5.91 Å². The molecule has 1 saturated carbocycles. The number of carbonyl (C=O) groups excluding carboxylic acids is 1. The van der Waals surface area contributed by atoms with Crippen LogP contribution in [0.2, 0.25) is 0 Å². The lowest BCUT2D eigenvalue weighted by atomic mass is 9.82. The van der Waals surface area contributed by atoms with Crippen molar-refractivity contribution in [1.82, 2.24) is 15.1 Å². The Morgan fingerprint density at radius 2 is 2.09 bits per heavy atom. The quantitative estimate of drug-likeness (QED) is 0.444. The Morgan fingerprint density at radius 3 is 2.70 bits per heavy atom. The summed E-state index contributed by atoms with van der Waals surface area (Å²) in [5.74, 6) is -2.53. The maximum atomic E-state index is 12.3. The lowest BCUT2D eigenvalue weighted by Crippen LogP contribution is -2.41. The van der Waals surface area contributed by atoms with E-state index in [1.165, 1.54) is 10.9 Å². The van der Waals surface area contributed by atoms with Gasteiger partial charge in [-0.2, -0.15) is 5.10 Å². The van der Waals surface area contributed by atoms with E-state index in [9.17, 15) is 24.8 Å². The lowest BCUT2D eigenvalue weighted by molar-refractivity contribution is -0.385. The van der Waals surface area contributed by atoms with E-state index in [1.54, 1.807) is 0 Å². The van der Waals surface area contributed by atoms with Crippen molar-refractivity contribution in [3.05, 3.63) is 34.7 Å². The molecule has 122 valence electrons. The Labute approximate surface area is 131 Å². The Balaban J connectivity index is 1.56. The molecule has 4 unspecified atom stereocenters. The number of hydrogen-bond donors (Lipinski definition) is 2. The van der Waals surface area contributed by atoms with Gasteiger partial charge >= 0.3 is 11.7 Å². The molecule has 0 aliphatic heterocycles. The lowest BCUT2D eigenvalue weighted by Gasteiger charge is -2.23. The number of nitro groups is 1. The zero-order valence-electron chi connectivity index (χ0n) is 12.2. The number of nitrogens with one attached hydrogen (secondary N) is 1. The molecule has 9 nitrogen and oxygen atoms in total. The first kappa shape index (κ1) is 15.2. The van der Waals surface area contributed by atoms with Crippen molar-refractivity contribution in [3.63, 3.8) is 0 Å². The van der Waals surface area contributed by atoms with Gasteiger partial charge in [0.15, 0.2) is 0 Å². The fraction of sp³-hybridized carbons (Fsp3) is 0.500. The first-order valence-corrected chi connectivity index (χ1v) is 7.33. The van der Waals surface area contributed by atoms with Gasteiger partial charge in [0.1, 0.15) is 12.4 Å². The summed E-state index contributed by atoms with van der Waals surface area (Å²) >= 11 is 0. The first-order valence-electron chi connectivity index (χ1n) is 7.33. The van der Waals surface area contributed by atoms with Gasteiger partial charge in [0, 0.05) is 6.54 Å². The second kappa shape index (κ2) is 5.82. The van der Waals surface area contributed by atoms with E-state index in [0.29, 0.717) is 6.42 Å². The number of amides is 1. The molecule has 0 radical (unpaired) electrons. The van der Waals surface area contributed by atoms with Crippen molar-refractivity contribution in [1.29, 1.82) is 0 Å². The van der Waals surface area contributed by atoms with Crippen LogP contribution in [-0.4, -0.2) is 38.2 Å². The molecule has 2 aliphatic carbocycles. The summed E-state index contributed by atoms with van der Waals surface area (Å²) in [5.41, 5.74) is -0.111. The number of carboxylic acid groups (broad SMARTS) is 1. The largest absolute Gasteiger partial charge is 0.481 e. The highest BCUT2D eigenvalue weighted by Crippen LogP contribution is 2.48. The first-order chi connectivity index (χ1) is 11.0. The van der Waals surface area contributed by atoms with Crippen molar-refractivity contribution in [2.45, 2.75) is 13.0 Å². The van der Waals surface area contributed by atoms with E-state index in [0.717, 1.165) is 6.20 Å². The molecule has 9 heteroatoms. The summed E-state index contributed by atoms with van der Waals surface area (Å²) in [6.45, 7) is 0.523. The number of carbonyl (C=O) groups is 2. The van der Waals surface area contributed by atoms with Crippen LogP contribution in [0.15, 0.2) is 24.5 Å². The number of rotatable bonds is 6. The number of nitrogens with zero attached hydrogens (tertiary/aromatic N) is 3. The SMILES string of the molecule is O=C(O)C1C2C=CC(C2)C1C(=O)NCCn1cc([N+](=O)[O-])cn1. The van der Waals surface area contributed by atoms with E-state index in [1.807, 2.05) is 12.2 Å². The third-order valence-electron chi connectivity index (χ3n) is 4.52. The normalized spacial score (nSPS) is 28.0. The van der Waals surface area contributed by atoms with Crippen molar-refractivity contribution < 1.29 is 19.6 Å². The molecular formula is C14H16N4O5. The molecule has 2 aliphatic rings. The molecule has 3 rings (SSSR count). The van der Waals surface area contributed by atoms with E-state index < -0.39 is 22.7 Å². The molecule has 0 aromatic carbocycles. The maximum absolute atomic E-state index is 12.3. The fourth-order valence-electron chi connectivity index (χ4n) is 3.50. The van der Waals surface area contributed by atoms with Crippen LogP contribution in [0.25, 0.3) is 0 Å². The van der Waals surface area contributed by atoms with Crippen LogP contribution in [0.4, 0.5) is 5.69 Å². The van der Waals surface area contributed by atoms with E-state index in [-0.39, 0.29) is 36.5 Å². The number of carboxylic acids is 1. The number of allylic oxidation sites excluding steroid dienone is 2. The van der Waals surface area contributed by atoms with E-state index in [2.05, 4.69) is 10.4 Å². The zero-order chi connectivity index (χ0) is 16.6. The minimum absolute atomic E-state index is 0.0214.